The first-order chi connectivity index (χ1) is 8.29. The standard InChI is InChI=1S/C10H11ClN4OS/c11-9-8-10(13-4-12-9)15(5-14-8)7-1-6(2-16)3-17-7/h4-7,16H,1-3H2/t6-,7-/m1/s1. The van der Waals surface area contributed by atoms with Gasteiger partial charge in [-0.05, 0) is 12.3 Å². The molecule has 0 aromatic carbocycles. The molecule has 3 heterocycles. The molecule has 1 aliphatic rings. The summed E-state index contributed by atoms with van der Waals surface area (Å²) in [4.78, 5) is 12.4. The quantitative estimate of drug-likeness (QED) is 0.842. The fraction of sp³-hybridized carbons (Fsp3) is 0.500. The maximum Gasteiger partial charge on any atom is 0.165 e. The van der Waals surface area contributed by atoms with Crippen LogP contribution in [0.1, 0.15) is 11.8 Å². The van der Waals surface area contributed by atoms with Gasteiger partial charge in [0.25, 0.3) is 0 Å². The maximum absolute atomic E-state index is 9.15. The minimum atomic E-state index is 0.242. The number of fused-ring (bicyclic) bond motifs is 1. The van der Waals surface area contributed by atoms with Crippen molar-refractivity contribution in [2.24, 2.45) is 5.92 Å². The molecule has 0 amide bonds. The van der Waals surface area contributed by atoms with E-state index in [1.54, 1.807) is 6.33 Å². The van der Waals surface area contributed by atoms with Crippen molar-refractivity contribution in [3.05, 3.63) is 17.8 Å². The van der Waals surface area contributed by atoms with Crippen molar-refractivity contribution in [2.75, 3.05) is 12.4 Å². The minimum absolute atomic E-state index is 0.242. The summed E-state index contributed by atoms with van der Waals surface area (Å²) in [5.74, 6) is 1.33. The van der Waals surface area contributed by atoms with Crippen LogP contribution in [0.3, 0.4) is 0 Å². The highest BCUT2D eigenvalue weighted by Gasteiger charge is 2.27. The van der Waals surface area contributed by atoms with Gasteiger partial charge in [-0.2, -0.15) is 0 Å². The van der Waals surface area contributed by atoms with Crippen LogP contribution in [-0.2, 0) is 0 Å². The monoisotopic (exact) mass is 270 g/mol. The largest absolute Gasteiger partial charge is 0.396 e. The summed E-state index contributed by atoms with van der Waals surface area (Å²) in [6.07, 6.45) is 4.14. The van der Waals surface area contributed by atoms with Gasteiger partial charge in [0, 0.05) is 12.4 Å². The van der Waals surface area contributed by atoms with Crippen molar-refractivity contribution >= 4 is 34.5 Å². The van der Waals surface area contributed by atoms with Gasteiger partial charge in [-0.15, -0.1) is 11.8 Å². The Morgan fingerprint density at radius 3 is 3.12 bits per heavy atom. The van der Waals surface area contributed by atoms with E-state index >= 15 is 0 Å². The van der Waals surface area contributed by atoms with Crippen LogP contribution >= 0.6 is 23.4 Å². The second-order valence-electron chi connectivity index (χ2n) is 4.06. The molecule has 1 N–H and O–H groups in total. The Morgan fingerprint density at radius 1 is 1.47 bits per heavy atom. The molecule has 2 atom stereocenters. The number of aliphatic hydroxyl groups excluding tert-OH is 1. The van der Waals surface area contributed by atoms with Crippen LogP contribution in [0.25, 0.3) is 11.2 Å². The molecule has 0 saturated carbocycles. The number of aliphatic hydroxyl groups is 1. The van der Waals surface area contributed by atoms with Crippen molar-refractivity contribution in [3.63, 3.8) is 0 Å². The van der Waals surface area contributed by atoms with Crippen molar-refractivity contribution in [1.82, 2.24) is 19.5 Å². The van der Waals surface area contributed by atoms with Gasteiger partial charge in [0.2, 0.25) is 0 Å². The van der Waals surface area contributed by atoms with Crippen LogP contribution in [0, 0.1) is 5.92 Å². The van der Waals surface area contributed by atoms with Crippen LogP contribution < -0.4 is 0 Å². The Bertz CT molecular complexity index is 546. The molecular formula is C10H11ClN4OS. The van der Waals surface area contributed by atoms with Gasteiger partial charge in [0.05, 0.1) is 11.7 Å². The summed E-state index contributed by atoms with van der Waals surface area (Å²) in [6.45, 7) is 0.242. The van der Waals surface area contributed by atoms with E-state index in [9.17, 15) is 0 Å². The third-order valence-electron chi connectivity index (χ3n) is 2.94. The summed E-state index contributed by atoms with van der Waals surface area (Å²) < 4.78 is 2.02. The second-order valence-corrected chi connectivity index (χ2v) is 5.63. The molecule has 0 radical (unpaired) electrons. The Morgan fingerprint density at radius 2 is 2.35 bits per heavy atom. The number of hydrogen-bond donors (Lipinski definition) is 1. The first-order valence-electron chi connectivity index (χ1n) is 5.35. The van der Waals surface area contributed by atoms with E-state index < -0.39 is 0 Å². The fourth-order valence-corrected chi connectivity index (χ4v) is 3.66. The summed E-state index contributed by atoms with van der Waals surface area (Å²) in [7, 11) is 0. The Labute approximate surface area is 107 Å². The normalized spacial score (nSPS) is 24.6. The van der Waals surface area contributed by atoms with Gasteiger partial charge < -0.3 is 9.67 Å². The maximum atomic E-state index is 9.15. The highest BCUT2D eigenvalue weighted by molar-refractivity contribution is 7.99. The number of hydrogen-bond acceptors (Lipinski definition) is 5. The molecule has 2 aromatic rings. The lowest BCUT2D eigenvalue weighted by molar-refractivity contribution is 0.233. The Hall–Kier alpha value is -0.850. The van der Waals surface area contributed by atoms with Crippen molar-refractivity contribution in [1.29, 1.82) is 0 Å². The highest BCUT2D eigenvalue weighted by atomic mass is 35.5. The van der Waals surface area contributed by atoms with Gasteiger partial charge >= 0.3 is 0 Å². The zero-order chi connectivity index (χ0) is 11.8. The molecule has 0 spiro atoms. The van der Waals surface area contributed by atoms with Crippen LogP contribution in [0.5, 0.6) is 0 Å². The van der Waals surface area contributed by atoms with E-state index in [0.29, 0.717) is 16.6 Å². The first-order valence-corrected chi connectivity index (χ1v) is 6.77. The topological polar surface area (TPSA) is 63.8 Å². The zero-order valence-electron chi connectivity index (χ0n) is 8.95. The van der Waals surface area contributed by atoms with Crippen LogP contribution in [-0.4, -0.2) is 37.0 Å². The van der Waals surface area contributed by atoms with Gasteiger partial charge in [-0.25, -0.2) is 15.0 Å². The number of rotatable bonds is 2. The van der Waals surface area contributed by atoms with Gasteiger partial charge in [-0.1, -0.05) is 11.6 Å². The average molecular weight is 271 g/mol. The summed E-state index contributed by atoms with van der Waals surface area (Å²) in [5.41, 5.74) is 1.41. The molecular weight excluding hydrogens is 260 g/mol. The predicted molar refractivity (Wildman–Crippen MR) is 67.0 cm³/mol. The lowest BCUT2D eigenvalue weighted by Gasteiger charge is -2.11. The zero-order valence-corrected chi connectivity index (χ0v) is 10.5. The van der Waals surface area contributed by atoms with E-state index in [2.05, 4.69) is 15.0 Å². The molecule has 0 bridgehead atoms. The molecule has 1 aliphatic heterocycles. The summed E-state index contributed by atoms with van der Waals surface area (Å²) >= 11 is 7.77. The van der Waals surface area contributed by atoms with Crippen molar-refractivity contribution in [2.45, 2.75) is 11.8 Å². The Kier molecular flexibility index (Phi) is 2.94. The third-order valence-corrected chi connectivity index (χ3v) is 4.69. The summed E-state index contributed by atoms with van der Waals surface area (Å²) in [6, 6.07) is 0. The third kappa shape index (κ3) is 1.90. The number of thioether (sulfide) groups is 1. The van der Waals surface area contributed by atoms with Gasteiger partial charge in [0.15, 0.2) is 10.8 Å². The van der Waals surface area contributed by atoms with E-state index in [0.717, 1.165) is 17.8 Å². The minimum Gasteiger partial charge on any atom is -0.396 e. The predicted octanol–water partition coefficient (Wildman–Crippen LogP) is 1.72. The SMILES string of the molecule is OC[C@@H]1CS[C@@H](n2cnc3c(Cl)ncnc32)C1. The average Bonchev–Trinajstić information content (AvgIpc) is 2.94. The highest BCUT2D eigenvalue weighted by Crippen LogP contribution is 2.40. The van der Waals surface area contributed by atoms with Crippen LogP contribution in [0.15, 0.2) is 12.7 Å². The molecule has 0 unspecified atom stereocenters. The van der Waals surface area contributed by atoms with Gasteiger partial charge in [0.1, 0.15) is 11.8 Å². The van der Waals surface area contributed by atoms with E-state index in [-0.39, 0.29) is 12.0 Å². The molecule has 7 heteroatoms. The van der Waals surface area contributed by atoms with Crippen molar-refractivity contribution in [3.8, 4) is 0 Å². The molecule has 90 valence electrons. The van der Waals surface area contributed by atoms with Crippen molar-refractivity contribution < 1.29 is 5.11 Å². The first kappa shape index (κ1) is 11.3. The van der Waals surface area contributed by atoms with E-state index in [1.807, 2.05) is 16.3 Å². The smallest absolute Gasteiger partial charge is 0.165 e. The number of aromatic nitrogens is 4. The molecule has 1 saturated heterocycles. The number of imidazole rings is 1. The Balaban J connectivity index is 1.99. The lowest BCUT2D eigenvalue weighted by atomic mass is 10.1. The molecule has 3 rings (SSSR count). The lowest BCUT2D eigenvalue weighted by Crippen LogP contribution is -2.06. The van der Waals surface area contributed by atoms with Crippen LogP contribution in [0.2, 0.25) is 5.15 Å². The van der Waals surface area contributed by atoms with Gasteiger partial charge in [-0.3, -0.25) is 0 Å². The molecule has 17 heavy (non-hydrogen) atoms. The molecule has 0 aliphatic carbocycles. The molecule has 1 fully saturated rings. The number of halogens is 1. The second kappa shape index (κ2) is 4.44. The molecule has 2 aromatic heterocycles. The number of nitrogens with zero attached hydrogens (tertiary/aromatic N) is 4. The fourth-order valence-electron chi connectivity index (χ4n) is 2.02. The van der Waals surface area contributed by atoms with E-state index in [1.165, 1.54) is 6.33 Å². The summed E-state index contributed by atoms with van der Waals surface area (Å²) in [5, 5.41) is 9.82. The molecule has 5 nitrogen and oxygen atoms in total. The van der Waals surface area contributed by atoms with Crippen LogP contribution in [0.4, 0.5) is 0 Å². The van der Waals surface area contributed by atoms with E-state index in [4.69, 9.17) is 16.7 Å².